The molecule has 0 aliphatic heterocycles. The normalized spacial score (nSPS) is 11.0. The van der Waals surface area contributed by atoms with Crippen LogP contribution in [0.2, 0.25) is 0 Å². The summed E-state index contributed by atoms with van der Waals surface area (Å²) < 4.78 is 5.03. The highest BCUT2D eigenvalue weighted by Crippen LogP contribution is 2.35. The van der Waals surface area contributed by atoms with Gasteiger partial charge in [-0.1, -0.05) is 12.1 Å². The van der Waals surface area contributed by atoms with Gasteiger partial charge < -0.3 is 9.84 Å². The molecule has 2 rings (SSSR count). The Morgan fingerprint density at radius 1 is 1.42 bits per heavy atom. The van der Waals surface area contributed by atoms with Gasteiger partial charge in [0.05, 0.1) is 17.1 Å². The molecule has 0 spiro atoms. The number of aryl methyl sites for hydroxylation is 1. The third-order valence-electron chi connectivity index (χ3n) is 3.39. The van der Waals surface area contributed by atoms with Gasteiger partial charge >= 0.3 is 5.97 Å². The van der Waals surface area contributed by atoms with Crippen molar-refractivity contribution in [2.75, 3.05) is 6.61 Å². The van der Waals surface area contributed by atoms with E-state index in [-0.39, 0.29) is 12.2 Å². The van der Waals surface area contributed by atoms with Gasteiger partial charge in [-0.25, -0.2) is 9.79 Å². The van der Waals surface area contributed by atoms with Crippen LogP contribution in [0.4, 0.5) is 10.7 Å². The van der Waals surface area contributed by atoms with Crippen molar-refractivity contribution in [3.05, 3.63) is 49.9 Å². The summed E-state index contributed by atoms with van der Waals surface area (Å²) >= 11 is 1.30. The van der Waals surface area contributed by atoms with Crippen molar-refractivity contribution < 1.29 is 19.6 Å². The molecule has 0 bridgehead atoms. The van der Waals surface area contributed by atoms with Crippen molar-refractivity contribution in [1.29, 1.82) is 0 Å². The first-order valence-corrected chi connectivity index (χ1v) is 7.94. The fraction of sp³-hybridized carbons (Fsp3) is 0.250. The Kier molecular flexibility index (Phi) is 5.30. The van der Waals surface area contributed by atoms with Crippen LogP contribution in [0, 0.1) is 24.0 Å². The lowest BCUT2D eigenvalue weighted by Crippen LogP contribution is -2.05. The average Bonchev–Trinajstić information content (AvgIpc) is 2.81. The van der Waals surface area contributed by atoms with Gasteiger partial charge in [-0.3, -0.25) is 10.1 Å². The minimum absolute atomic E-state index is 0.0858. The number of para-hydroxylation sites is 1. The van der Waals surface area contributed by atoms with Crippen LogP contribution in [-0.2, 0) is 4.74 Å². The maximum atomic E-state index is 12.1. The number of nitrogens with zero attached hydrogens (tertiary/aromatic N) is 2. The molecular formula is C16H15N2O5S-. The molecule has 0 fully saturated rings. The SMILES string of the molecule is CCOC(=O)c1c(N=Cc2cccc([N+](=O)[O-])c2[O-])sc(C)c1C. The monoisotopic (exact) mass is 347 g/mol. The van der Waals surface area contributed by atoms with Crippen molar-refractivity contribution in [2.45, 2.75) is 20.8 Å². The molecule has 0 aliphatic carbocycles. The maximum absolute atomic E-state index is 12.1. The van der Waals surface area contributed by atoms with Crippen LogP contribution in [0.15, 0.2) is 23.2 Å². The van der Waals surface area contributed by atoms with E-state index < -0.39 is 22.3 Å². The summed E-state index contributed by atoms with van der Waals surface area (Å²) in [6.07, 6.45) is 1.24. The lowest BCUT2D eigenvalue weighted by atomic mass is 10.1. The van der Waals surface area contributed by atoms with Gasteiger partial charge in [0.2, 0.25) is 0 Å². The second kappa shape index (κ2) is 7.22. The third kappa shape index (κ3) is 3.43. The Labute approximate surface area is 142 Å². The van der Waals surface area contributed by atoms with E-state index in [1.54, 1.807) is 13.8 Å². The van der Waals surface area contributed by atoms with Crippen molar-refractivity contribution in [3.63, 3.8) is 0 Å². The molecule has 7 nitrogen and oxygen atoms in total. The Bertz CT molecular complexity index is 826. The number of ether oxygens (including phenoxy) is 1. The Morgan fingerprint density at radius 2 is 2.12 bits per heavy atom. The molecule has 0 N–H and O–H groups in total. The summed E-state index contributed by atoms with van der Waals surface area (Å²) in [5, 5.41) is 23.2. The van der Waals surface area contributed by atoms with E-state index in [1.165, 1.54) is 29.7 Å². The zero-order valence-electron chi connectivity index (χ0n) is 13.4. The lowest BCUT2D eigenvalue weighted by molar-refractivity contribution is -0.398. The fourth-order valence-corrected chi connectivity index (χ4v) is 3.05. The summed E-state index contributed by atoms with van der Waals surface area (Å²) in [5.41, 5.74) is 0.700. The van der Waals surface area contributed by atoms with Crippen LogP contribution >= 0.6 is 11.3 Å². The first-order valence-electron chi connectivity index (χ1n) is 7.12. The van der Waals surface area contributed by atoms with Crippen LogP contribution < -0.4 is 5.11 Å². The molecule has 0 amide bonds. The van der Waals surface area contributed by atoms with Gasteiger partial charge in [0.1, 0.15) is 5.00 Å². The quantitative estimate of drug-likeness (QED) is 0.357. The summed E-state index contributed by atoms with van der Waals surface area (Å²) in [5.74, 6) is -1.19. The zero-order chi connectivity index (χ0) is 17.9. The van der Waals surface area contributed by atoms with E-state index in [4.69, 9.17) is 4.74 Å². The fourth-order valence-electron chi connectivity index (χ4n) is 2.06. The summed E-state index contributed by atoms with van der Waals surface area (Å²) in [6.45, 7) is 5.60. The third-order valence-corrected chi connectivity index (χ3v) is 4.50. The molecule has 0 unspecified atom stereocenters. The van der Waals surface area contributed by atoms with E-state index in [0.717, 1.165) is 16.5 Å². The van der Waals surface area contributed by atoms with E-state index >= 15 is 0 Å². The first kappa shape index (κ1) is 17.6. The number of nitro groups is 1. The number of rotatable bonds is 5. The minimum Gasteiger partial charge on any atom is -0.867 e. The Morgan fingerprint density at radius 3 is 2.75 bits per heavy atom. The molecule has 0 saturated carbocycles. The van der Waals surface area contributed by atoms with Gasteiger partial charge in [0.25, 0.3) is 5.69 Å². The summed E-state index contributed by atoms with van der Waals surface area (Å²) in [7, 11) is 0. The Balaban J connectivity index is 2.44. The van der Waals surface area contributed by atoms with Crippen LogP contribution in [0.5, 0.6) is 5.75 Å². The van der Waals surface area contributed by atoms with Gasteiger partial charge in [0, 0.05) is 17.2 Å². The number of hydrogen-bond donors (Lipinski definition) is 0. The van der Waals surface area contributed by atoms with Crippen LogP contribution in [0.3, 0.4) is 0 Å². The number of nitro benzene ring substituents is 1. The summed E-state index contributed by atoms with van der Waals surface area (Å²) in [6, 6.07) is 4.00. The first-order chi connectivity index (χ1) is 11.4. The molecule has 2 aromatic rings. The van der Waals surface area contributed by atoms with Crippen molar-refractivity contribution >= 4 is 34.2 Å². The molecule has 1 aromatic carbocycles. The molecule has 0 saturated heterocycles. The van der Waals surface area contributed by atoms with Crippen LogP contribution in [0.1, 0.15) is 33.3 Å². The van der Waals surface area contributed by atoms with E-state index in [1.807, 2.05) is 6.92 Å². The molecule has 0 radical (unpaired) electrons. The van der Waals surface area contributed by atoms with Crippen molar-refractivity contribution in [2.24, 2.45) is 4.99 Å². The highest BCUT2D eigenvalue weighted by atomic mass is 32.1. The molecule has 1 aromatic heterocycles. The van der Waals surface area contributed by atoms with Gasteiger partial charge in [-0.2, -0.15) is 0 Å². The molecule has 1 heterocycles. The van der Waals surface area contributed by atoms with E-state index in [9.17, 15) is 20.0 Å². The van der Waals surface area contributed by atoms with Crippen molar-refractivity contribution in [3.8, 4) is 5.75 Å². The average molecular weight is 347 g/mol. The number of carbonyl (C=O) groups is 1. The predicted octanol–water partition coefficient (Wildman–Crippen LogP) is 3.27. The largest absolute Gasteiger partial charge is 0.867 e. The number of hydrogen-bond acceptors (Lipinski definition) is 7. The standard InChI is InChI=1S/C16H16N2O5S/c1-4-23-16(20)13-9(2)10(3)24-15(13)17-8-11-6-5-7-12(14(11)19)18(21)22/h5-8,19H,4H2,1-3H3/p-1. The topological polar surface area (TPSA) is 105 Å². The lowest BCUT2D eigenvalue weighted by Gasteiger charge is -2.09. The van der Waals surface area contributed by atoms with E-state index in [2.05, 4.69) is 4.99 Å². The molecule has 0 aliphatic rings. The molecule has 0 atom stereocenters. The van der Waals surface area contributed by atoms with E-state index in [0.29, 0.717) is 10.6 Å². The predicted molar refractivity (Wildman–Crippen MR) is 89.5 cm³/mol. The summed E-state index contributed by atoms with van der Waals surface area (Å²) in [4.78, 5) is 27.3. The highest BCUT2D eigenvalue weighted by molar-refractivity contribution is 7.16. The molecule has 126 valence electrons. The molecule has 8 heteroatoms. The molecule has 24 heavy (non-hydrogen) atoms. The minimum atomic E-state index is -0.733. The van der Waals surface area contributed by atoms with Gasteiger partial charge in [-0.15, -0.1) is 11.3 Å². The van der Waals surface area contributed by atoms with Crippen molar-refractivity contribution in [1.82, 2.24) is 0 Å². The zero-order valence-corrected chi connectivity index (χ0v) is 14.2. The maximum Gasteiger partial charge on any atom is 0.341 e. The number of carbonyl (C=O) groups excluding carboxylic acids is 1. The smallest absolute Gasteiger partial charge is 0.341 e. The second-order valence-electron chi connectivity index (χ2n) is 4.89. The molecular weight excluding hydrogens is 332 g/mol. The second-order valence-corrected chi connectivity index (χ2v) is 6.10. The van der Waals surface area contributed by atoms with Gasteiger partial charge in [-0.05, 0) is 37.6 Å². The number of thiophene rings is 1. The number of esters is 1. The number of aliphatic imine (C=N–C) groups is 1. The Hall–Kier alpha value is -2.74. The van der Waals surface area contributed by atoms with Crippen LogP contribution in [-0.4, -0.2) is 23.7 Å². The number of benzene rings is 1. The highest BCUT2D eigenvalue weighted by Gasteiger charge is 2.20. The van der Waals surface area contributed by atoms with Crippen LogP contribution in [0.25, 0.3) is 0 Å². The van der Waals surface area contributed by atoms with Gasteiger partial charge in [0.15, 0.2) is 0 Å².